The van der Waals surface area contributed by atoms with Crippen LogP contribution in [-0.2, 0) is 11.4 Å². The molecule has 0 fully saturated rings. The van der Waals surface area contributed by atoms with Crippen LogP contribution in [0.4, 0.5) is 5.95 Å². The van der Waals surface area contributed by atoms with Crippen molar-refractivity contribution in [3.05, 3.63) is 68.3 Å². The van der Waals surface area contributed by atoms with Crippen molar-refractivity contribution in [3.8, 4) is 11.5 Å². The molecule has 1 aliphatic rings. The van der Waals surface area contributed by atoms with Crippen LogP contribution < -0.4 is 14.8 Å². The Bertz CT molecular complexity index is 1290. The number of nitrogens with zero attached hydrogens (tertiary/aromatic N) is 3. The highest BCUT2D eigenvalue weighted by Gasteiger charge is 2.34. The van der Waals surface area contributed by atoms with Crippen molar-refractivity contribution in [2.45, 2.75) is 51.9 Å². The summed E-state index contributed by atoms with van der Waals surface area (Å²) in [7, 11) is 0. The van der Waals surface area contributed by atoms with Crippen LogP contribution in [0.3, 0.4) is 0 Å². The van der Waals surface area contributed by atoms with Gasteiger partial charge in [0.2, 0.25) is 11.1 Å². The summed E-state index contributed by atoms with van der Waals surface area (Å²) in [6.07, 6.45) is 1.02. The highest BCUT2D eigenvalue weighted by atomic mass is 79.9. The van der Waals surface area contributed by atoms with Crippen LogP contribution in [0.5, 0.6) is 11.5 Å². The van der Waals surface area contributed by atoms with Crippen LogP contribution in [0.2, 0.25) is 5.02 Å². The van der Waals surface area contributed by atoms with Gasteiger partial charge >= 0.3 is 0 Å². The quantitative estimate of drug-likeness (QED) is 0.253. The second-order valence-corrected chi connectivity index (χ2v) is 10.7. The lowest BCUT2D eigenvalue weighted by atomic mass is 9.93. The molecule has 10 heteroatoms. The zero-order chi connectivity index (χ0) is 25.8. The maximum Gasteiger partial charge on any atom is 0.227 e. The monoisotopic (exact) mass is 590 g/mol. The summed E-state index contributed by atoms with van der Waals surface area (Å²) < 4.78 is 14.6. The normalized spacial score (nSPS) is 14.9. The molecule has 7 nitrogen and oxygen atoms in total. The third-order valence-electron chi connectivity index (χ3n) is 5.59. The van der Waals surface area contributed by atoms with Gasteiger partial charge in [-0.15, -0.1) is 5.10 Å². The molecule has 190 valence electrons. The largest absolute Gasteiger partial charge is 0.490 e. The van der Waals surface area contributed by atoms with Crippen LogP contribution >= 0.6 is 39.3 Å². The summed E-state index contributed by atoms with van der Waals surface area (Å²) in [4.78, 5) is 17.4. The number of hydrogen-bond donors (Lipinski definition) is 1. The van der Waals surface area contributed by atoms with E-state index in [1.165, 1.54) is 0 Å². The van der Waals surface area contributed by atoms with Gasteiger partial charge < -0.3 is 14.8 Å². The average molecular weight is 592 g/mol. The number of carbonyl (C=O) groups excluding carboxylic acids is 1. The number of fused-ring (bicyclic) bond motifs is 1. The first kappa shape index (κ1) is 26.6. The van der Waals surface area contributed by atoms with Gasteiger partial charge in [-0.25, -0.2) is 4.68 Å². The molecule has 36 heavy (non-hydrogen) atoms. The standard InChI is InChI=1S/C26H28BrClN4O3S/c1-5-11-36-26-30-25-29-15(3)22(16(4)33)23(32(25)31-26)18-12-20(27)24(21(13-18)34-6-2)35-14-17-7-9-19(28)10-8-17/h7-10,12-13,23H,5-6,11,14H2,1-4H3,(H,29,30,31). The first-order valence-corrected chi connectivity index (χ1v) is 13.9. The molecule has 0 spiro atoms. The highest BCUT2D eigenvalue weighted by molar-refractivity contribution is 9.10. The Hall–Kier alpha value is -2.49. The van der Waals surface area contributed by atoms with Crippen molar-refractivity contribution < 1.29 is 14.3 Å². The minimum absolute atomic E-state index is 0.0361. The third kappa shape index (κ3) is 5.74. The number of rotatable bonds is 10. The Morgan fingerprint density at radius 1 is 1.22 bits per heavy atom. The number of carbonyl (C=O) groups is 1. The fourth-order valence-electron chi connectivity index (χ4n) is 4.04. The molecule has 4 rings (SSSR count). The van der Waals surface area contributed by atoms with E-state index >= 15 is 0 Å². The summed E-state index contributed by atoms with van der Waals surface area (Å²) in [5.74, 6) is 2.66. The predicted octanol–water partition coefficient (Wildman–Crippen LogP) is 7.05. The number of ether oxygens (including phenoxy) is 2. The fourth-order valence-corrected chi connectivity index (χ4v) is 5.42. The number of aromatic nitrogens is 3. The van der Waals surface area contributed by atoms with E-state index < -0.39 is 6.04 Å². The van der Waals surface area contributed by atoms with Crippen LogP contribution in [0.1, 0.15) is 51.3 Å². The molecule has 0 saturated carbocycles. The van der Waals surface area contributed by atoms with Gasteiger partial charge in [-0.3, -0.25) is 4.79 Å². The van der Waals surface area contributed by atoms with Gasteiger partial charge in [-0.05, 0) is 78.5 Å². The molecule has 1 N–H and O–H groups in total. The van der Waals surface area contributed by atoms with Gasteiger partial charge in [0.25, 0.3) is 0 Å². The summed E-state index contributed by atoms with van der Waals surface area (Å²) in [5, 5.41) is 9.35. The highest BCUT2D eigenvalue weighted by Crippen LogP contribution is 2.43. The smallest absolute Gasteiger partial charge is 0.227 e. The molecule has 0 radical (unpaired) electrons. The van der Waals surface area contributed by atoms with Crippen molar-refractivity contribution in [2.75, 3.05) is 17.7 Å². The number of thioether (sulfide) groups is 1. The first-order chi connectivity index (χ1) is 17.3. The maximum absolute atomic E-state index is 12.8. The topological polar surface area (TPSA) is 78.3 Å². The van der Waals surface area contributed by atoms with Gasteiger partial charge in [-0.2, -0.15) is 4.98 Å². The molecule has 0 amide bonds. The minimum Gasteiger partial charge on any atom is -0.490 e. The molecular formula is C26H28BrClN4O3S. The number of nitrogens with one attached hydrogen (secondary N) is 1. The number of allylic oxidation sites excluding steroid dienone is 2. The van der Waals surface area contributed by atoms with E-state index in [-0.39, 0.29) is 5.78 Å². The number of Topliss-reactive ketones (excluding diaryl/α,β-unsaturated/α-hetero) is 1. The molecule has 2 heterocycles. The Labute approximate surface area is 228 Å². The number of hydrogen-bond acceptors (Lipinski definition) is 7. The zero-order valence-electron chi connectivity index (χ0n) is 20.6. The second-order valence-electron chi connectivity index (χ2n) is 8.31. The SMILES string of the molecule is CCCSc1nc2n(n1)C(c1cc(Br)c(OCc3ccc(Cl)cc3)c(OCC)c1)C(C(C)=O)=C(C)N2. The number of benzene rings is 2. The summed E-state index contributed by atoms with van der Waals surface area (Å²) >= 11 is 11.3. The van der Waals surface area contributed by atoms with E-state index in [9.17, 15) is 4.79 Å². The van der Waals surface area contributed by atoms with Crippen LogP contribution in [0.25, 0.3) is 0 Å². The Morgan fingerprint density at radius 3 is 2.64 bits per heavy atom. The molecule has 1 aliphatic heterocycles. The number of ketones is 1. The third-order valence-corrected chi connectivity index (χ3v) is 7.48. The lowest BCUT2D eigenvalue weighted by Crippen LogP contribution is -2.28. The van der Waals surface area contributed by atoms with Gasteiger partial charge in [0, 0.05) is 22.0 Å². The van der Waals surface area contributed by atoms with Crippen molar-refractivity contribution in [1.82, 2.24) is 14.8 Å². The van der Waals surface area contributed by atoms with Crippen molar-refractivity contribution in [1.29, 1.82) is 0 Å². The van der Waals surface area contributed by atoms with E-state index in [4.69, 9.17) is 26.2 Å². The molecule has 0 saturated heterocycles. The van der Waals surface area contributed by atoms with E-state index in [0.717, 1.165) is 33.5 Å². The molecule has 2 aromatic carbocycles. The van der Waals surface area contributed by atoms with E-state index in [2.05, 4.69) is 33.2 Å². The lowest BCUT2D eigenvalue weighted by Gasteiger charge is -2.28. The summed E-state index contributed by atoms with van der Waals surface area (Å²) in [6.45, 7) is 8.32. The summed E-state index contributed by atoms with van der Waals surface area (Å²) in [6, 6.07) is 10.9. The lowest BCUT2D eigenvalue weighted by molar-refractivity contribution is -0.114. The molecular weight excluding hydrogens is 564 g/mol. The van der Waals surface area contributed by atoms with E-state index in [1.54, 1.807) is 23.4 Å². The van der Waals surface area contributed by atoms with Crippen LogP contribution in [0.15, 0.2) is 57.3 Å². The Balaban J connectivity index is 1.75. The van der Waals surface area contributed by atoms with Gasteiger partial charge in [0.1, 0.15) is 12.6 Å². The van der Waals surface area contributed by atoms with Gasteiger partial charge in [0.05, 0.1) is 11.1 Å². The minimum atomic E-state index is -0.456. The van der Waals surface area contributed by atoms with Gasteiger partial charge in [-0.1, -0.05) is 42.4 Å². The predicted molar refractivity (Wildman–Crippen MR) is 147 cm³/mol. The molecule has 3 aromatic rings. The Kier molecular flexibility index (Phi) is 8.64. The van der Waals surface area contributed by atoms with E-state index in [1.807, 2.05) is 50.2 Å². The molecule has 1 atom stereocenters. The van der Waals surface area contributed by atoms with Gasteiger partial charge in [0.15, 0.2) is 17.3 Å². The molecule has 1 aromatic heterocycles. The molecule has 0 aliphatic carbocycles. The van der Waals surface area contributed by atoms with E-state index in [0.29, 0.717) is 46.4 Å². The number of anilines is 1. The maximum atomic E-state index is 12.8. The van der Waals surface area contributed by atoms with Crippen molar-refractivity contribution >= 4 is 51.0 Å². The molecule has 1 unspecified atom stereocenters. The van der Waals surface area contributed by atoms with Crippen molar-refractivity contribution in [3.63, 3.8) is 0 Å². The second kappa shape index (κ2) is 11.7. The average Bonchev–Trinajstić information content (AvgIpc) is 3.24. The first-order valence-electron chi connectivity index (χ1n) is 11.7. The summed E-state index contributed by atoms with van der Waals surface area (Å²) in [5.41, 5.74) is 3.21. The Morgan fingerprint density at radius 2 is 1.97 bits per heavy atom. The fraction of sp³-hybridized carbons (Fsp3) is 0.346. The van der Waals surface area contributed by atoms with Crippen LogP contribution in [0, 0.1) is 0 Å². The van der Waals surface area contributed by atoms with Crippen LogP contribution in [-0.4, -0.2) is 32.9 Å². The number of halogens is 2. The van der Waals surface area contributed by atoms with Crippen molar-refractivity contribution in [2.24, 2.45) is 0 Å². The zero-order valence-corrected chi connectivity index (χ0v) is 23.8. The molecule has 0 bridgehead atoms.